The number of furan rings is 1. The summed E-state index contributed by atoms with van der Waals surface area (Å²) < 4.78 is 44.7. The molecule has 24 heavy (non-hydrogen) atoms. The first-order valence-electron chi connectivity index (χ1n) is 8.14. The Morgan fingerprint density at radius 1 is 1.29 bits per heavy atom. The molecule has 0 saturated carbocycles. The van der Waals surface area contributed by atoms with Crippen molar-refractivity contribution in [1.29, 1.82) is 0 Å². The number of hydrogen-bond acceptors (Lipinski definition) is 4. The lowest BCUT2D eigenvalue weighted by Gasteiger charge is -2.37. The number of hydrogen-bond donors (Lipinski definition) is 0. The Kier molecular flexibility index (Phi) is 4.51. The van der Waals surface area contributed by atoms with Crippen LogP contribution in [0.3, 0.4) is 0 Å². The third kappa shape index (κ3) is 3.39. The van der Waals surface area contributed by atoms with Gasteiger partial charge in [0.25, 0.3) is 0 Å². The lowest BCUT2D eigenvalue weighted by Crippen LogP contribution is -2.37. The van der Waals surface area contributed by atoms with Gasteiger partial charge in [-0.1, -0.05) is 13.8 Å². The minimum Gasteiger partial charge on any atom is -0.464 e. The van der Waals surface area contributed by atoms with Crippen LogP contribution in [0.4, 0.5) is 19.1 Å². The molecular formula is C17H20F3N3O. The van der Waals surface area contributed by atoms with Gasteiger partial charge in [0.05, 0.1) is 6.04 Å². The molecule has 1 aliphatic heterocycles. The number of aromatic nitrogens is 2. The average molecular weight is 339 g/mol. The van der Waals surface area contributed by atoms with Crippen molar-refractivity contribution in [1.82, 2.24) is 9.97 Å². The van der Waals surface area contributed by atoms with Gasteiger partial charge in [0.15, 0.2) is 0 Å². The topological polar surface area (TPSA) is 42.2 Å². The van der Waals surface area contributed by atoms with E-state index in [-0.39, 0.29) is 12.0 Å². The first-order valence-corrected chi connectivity index (χ1v) is 8.14. The smallest absolute Gasteiger partial charge is 0.433 e. The summed E-state index contributed by atoms with van der Waals surface area (Å²) in [4.78, 5) is 9.65. The van der Waals surface area contributed by atoms with Gasteiger partial charge in [-0.05, 0) is 37.0 Å². The van der Waals surface area contributed by atoms with Gasteiger partial charge in [0, 0.05) is 19.2 Å². The molecule has 130 valence electrons. The van der Waals surface area contributed by atoms with Crippen molar-refractivity contribution in [3.63, 3.8) is 0 Å². The largest absolute Gasteiger partial charge is 0.464 e. The van der Waals surface area contributed by atoms with Crippen LogP contribution in [0.15, 0.2) is 28.8 Å². The van der Waals surface area contributed by atoms with Gasteiger partial charge in [0.2, 0.25) is 5.95 Å². The molecule has 0 aromatic carbocycles. The summed E-state index contributed by atoms with van der Waals surface area (Å²) in [6.07, 6.45) is -0.841. The number of nitrogens with zero attached hydrogens (tertiary/aromatic N) is 3. The fourth-order valence-corrected chi connectivity index (χ4v) is 3.06. The molecule has 1 aliphatic rings. The maximum absolute atomic E-state index is 12.9. The first kappa shape index (κ1) is 16.8. The molecule has 2 aromatic rings. The Bertz CT molecular complexity index is 698. The van der Waals surface area contributed by atoms with E-state index in [1.165, 1.54) is 6.20 Å². The van der Waals surface area contributed by atoms with Gasteiger partial charge < -0.3 is 9.32 Å². The van der Waals surface area contributed by atoms with Crippen molar-refractivity contribution < 1.29 is 17.6 Å². The number of anilines is 1. The third-order valence-corrected chi connectivity index (χ3v) is 4.41. The highest BCUT2D eigenvalue weighted by atomic mass is 19.4. The quantitative estimate of drug-likeness (QED) is 0.818. The van der Waals surface area contributed by atoms with Crippen LogP contribution < -0.4 is 4.90 Å². The second kappa shape index (κ2) is 6.45. The maximum Gasteiger partial charge on any atom is 0.433 e. The Balaban J connectivity index is 1.94. The predicted octanol–water partition coefficient (Wildman–Crippen LogP) is 4.63. The lowest BCUT2D eigenvalue weighted by atomic mass is 9.91. The van der Waals surface area contributed by atoms with E-state index in [0.717, 1.165) is 36.8 Å². The van der Waals surface area contributed by atoms with E-state index in [4.69, 9.17) is 4.42 Å². The number of alkyl halides is 3. The van der Waals surface area contributed by atoms with E-state index in [0.29, 0.717) is 12.5 Å². The van der Waals surface area contributed by atoms with Crippen molar-refractivity contribution in [2.75, 3.05) is 11.4 Å². The van der Waals surface area contributed by atoms with Gasteiger partial charge in [0.1, 0.15) is 17.2 Å². The molecular weight excluding hydrogens is 319 g/mol. The molecule has 0 amide bonds. The molecule has 1 saturated heterocycles. The van der Waals surface area contributed by atoms with Crippen LogP contribution in [0.5, 0.6) is 0 Å². The molecule has 0 bridgehead atoms. The molecule has 0 aliphatic carbocycles. The zero-order chi connectivity index (χ0) is 17.3. The molecule has 3 heterocycles. The van der Waals surface area contributed by atoms with Gasteiger partial charge in [-0.2, -0.15) is 13.2 Å². The molecule has 1 fully saturated rings. The molecule has 0 radical (unpaired) electrons. The van der Waals surface area contributed by atoms with Gasteiger partial charge in [-0.25, -0.2) is 9.97 Å². The summed E-state index contributed by atoms with van der Waals surface area (Å²) >= 11 is 0. The van der Waals surface area contributed by atoms with E-state index < -0.39 is 11.9 Å². The van der Waals surface area contributed by atoms with Crippen molar-refractivity contribution in [2.45, 2.75) is 45.3 Å². The molecule has 0 N–H and O–H groups in total. The molecule has 2 atom stereocenters. The molecule has 2 aromatic heterocycles. The highest BCUT2D eigenvalue weighted by Crippen LogP contribution is 2.37. The highest BCUT2D eigenvalue weighted by molar-refractivity contribution is 5.36. The zero-order valence-electron chi connectivity index (χ0n) is 13.7. The SMILES string of the molecule is CCc1ccc(C2CC(C)CCN2c2nccc(C(F)(F)F)n2)o1. The van der Waals surface area contributed by atoms with Crippen LogP contribution in [0.2, 0.25) is 0 Å². The van der Waals surface area contributed by atoms with E-state index in [2.05, 4.69) is 16.9 Å². The first-order chi connectivity index (χ1) is 11.4. The molecule has 3 rings (SSSR count). The summed E-state index contributed by atoms with van der Waals surface area (Å²) in [5.41, 5.74) is -0.918. The zero-order valence-corrected chi connectivity index (χ0v) is 13.7. The Labute approximate surface area is 138 Å². The van der Waals surface area contributed by atoms with Crippen molar-refractivity contribution in [3.8, 4) is 0 Å². The fourth-order valence-electron chi connectivity index (χ4n) is 3.06. The minimum atomic E-state index is -4.48. The van der Waals surface area contributed by atoms with E-state index >= 15 is 0 Å². The van der Waals surface area contributed by atoms with Crippen LogP contribution in [-0.2, 0) is 12.6 Å². The maximum atomic E-state index is 12.9. The Morgan fingerprint density at radius 2 is 2.08 bits per heavy atom. The average Bonchev–Trinajstić information content (AvgIpc) is 3.03. The molecule has 7 heteroatoms. The standard InChI is InChI=1S/C17H20F3N3O/c1-3-12-4-5-14(24-12)13-10-11(2)7-9-23(13)16-21-8-6-15(22-16)17(18,19)20/h4-6,8,11,13H,3,7,9-10H2,1-2H3. The highest BCUT2D eigenvalue weighted by Gasteiger charge is 2.36. The number of piperidine rings is 1. The van der Waals surface area contributed by atoms with Crippen LogP contribution >= 0.6 is 0 Å². The third-order valence-electron chi connectivity index (χ3n) is 4.41. The normalized spacial score (nSPS) is 22.0. The van der Waals surface area contributed by atoms with Crippen LogP contribution in [-0.4, -0.2) is 16.5 Å². The number of halogens is 3. The van der Waals surface area contributed by atoms with E-state index in [1.54, 1.807) is 0 Å². The minimum absolute atomic E-state index is 0.108. The summed E-state index contributed by atoms with van der Waals surface area (Å²) in [7, 11) is 0. The van der Waals surface area contributed by atoms with Gasteiger partial charge in [-0.3, -0.25) is 0 Å². The fraction of sp³-hybridized carbons (Fsp3) is 0.529. The number of aryl methyl sites for hydroxylation is 1. The van der Waals surface area contributed by atoms with Gasteiger partial charge in [-0.15, -0.1) is 0 Å². The summed E-state index contributed by atoms with van der Waals surface area (Å²) in [6.45, 7) is 4.75. The second-order valence-corrected chi connectivity index (χ2v) is 6.24. The molecule has 4 nitrogen and oxygen atoms in total. The monoisotopic (exact) mass is 339 g/mol. The van der Waals surface area contributed by atoms with Gasteiger partial charge >= 0.3 is 6.18 Å². The number of rotatable bonds is 3. The summed E-state index contributed by atoms with van der Waals surface area (Å²) in [5.74, 6) is 2.20. The molecule has 0 spiro atoms. The second-order valence-electron chi connectivity index (χ2n) is 6.24. The van der Waals surface area contributed by atoms with E-state index in [1.807, 2.05) is 24.0 Å². The van der Waals surface area contributed by atoms with Crippen LogP contribution in [0, 0.1) is 5.92 Å². The summed E-state index contributed by atoms with van der Waals surface area (Å²) in [5, 5.41) is 0. The van der Waals surface area contributed by atoms with Crippen LogP contribution in [0.1, 0.15) is 49.9 Å². The molecule has 2 unspecified atom stereocenters. The summed E-state index contributed by atoms with van der Waals surface area (Å²) in [6, 6.07) is 4.58. The Morgan fingerprint density at radius 3 is 2.75 bits per heavy atom. The Hall–Kier alpha value is -2.05. The van der Waals surface area contributed by atoms with Crippen molar-refractivity contribution in [2.24, 2.45) is 5.92 Å². The lowest BCUT2D eigenvalue weighted by molar-refractivity contribution is -0.141. The van der Waals surface area contributed by atoms with Crippen LogP contribution in [0.25, 0.3) is 0 Å². The van der Waals surface area contributed by atoms with Crippen molar-refractivity contribution >= 4 is 5.95 Å². The predicted molar refractivity (Wildman–Crippen MR) is 83.6 cm³/mol. The van der Waals surface area contributed by atoms with E-state index in [9.17, 15) is 13.2 Å². The van der Waals surface area contributed by atoms with Crippen molar-refractivity contribution in [3.05, 3.63) is 41.6 Å².